The minimum atomic E-state index is 0.874. The van der Waals surface area contributed by atoms with Crippen molar-refractivity contribution in [2.45, 2.75) is 0 Å². The normalized spacial score (nSPS) is 15.9. The summed E-state index contributed by atoms with van der Waals surface area (Å²) in [4.78, 5) is 6.87. The molecule has 94 valence electrons. The fourth-order valence-electron chi connectivity index (χ4n) is 2.30. The Bertz CT molecular complexity index is 550. The molecule has 0 spiro atoms. The molecule has 1 N–H and O–H groups in total. The second-order valence-corrected chi connectivity index (χ2v) is 4.49. The Morgan fingerprint density at radius 2 is 2.00 bits per heavy atom. The molecule has 2 aromatic rings. The van der Waals surface area contributed by atoms with E-state index in [1.165, 1.54) is 5.39 Å². The Kier molecular flexibility index (Phi) is 3.02. The average molecular weight is 243 g/mol. The molecular formula is C14H17N3O. The Morgan fingerprint density at radius 3 is 2.78 bits per heavy atom. The Labute approximate surface area is 107 Å². The molecule has 0 bridgehead atoms. The monoisotopic (exact) mass is 243 g/mol. The summed E-state index contributed by atoms with van der Waals surface area (Å²) in [5.74, 6) is 1.94. The Hall–Kier alpha value is -1.81. The number of anilines is 1. The number of methoxy groups -OCH3 is 1. The van der Waals surface area contributed by atoms with Crippen LogP contribution in [0.25, 0.3) is 10.8 Å². The van der Waals surface area contributed by atoms with Gasteiger partial charge in [-0.25, -0.2) is 4.98 Å². The number of hydrogen-bond donors (Lipinski definition) is 1. The third-order valence-electron chi connectivity index (χ3n) is 3.36. The Morgan fingerprint density at radius 1 is 1.17 bits per heavy atom. The number of hydrogen-bond acceptors (Lipinski definition) is 4. The second-order valence-electron chi connectivity index (χ2n) is 4.49. The lowest BCUT2D eigenvalue weighted by atomic mass is 10.1. The van der Waals surface area contributed by atoms with E-state index in [4.69, 9.17) is 4.74 Å². The highest BCUT2D eigenvalue weighted by Gasteiger charge is 2.11. The van der Waals surface area contributed by atoms with Gasteiger partial charge in [-0.3, -0.25) is 0 Å². The van der Waals surface area contributed by atoms with Gasteiger partial charge in [0.15, 0.2) is 0 Å². The van der Waals surface area contributed by atoms with Crippen LogP contribution in [0.15, 0.2) is 30.5 Å². The summed E-state index contributed by atoms with van der Waals surface area (Å²) in [7, 11) is 1.68. The third kappa shape index (κ3) is 2.11. The quantitative estimate of drug-likeness (QED) is 0.870. The molecular weight excluding hydrogens is 226 g/mol. The van der Waals surface area contributed by atoms with Crippen molar-refractivity contribution in [3.63, 3.8) is 0 Å². The molecule has 3 rings (SSSR count). The van der Waals surface area contributed by atoms with Gasteiger partial charge < -0.3 is 15.0 Å². The smallest absolute Gasteiger partial charge is 0.129 e. The SMILES string of the molecule is COc1ccc2cc(N3CCNCC3)ncc2c1. The van der Waals surface area contributed by atoms with Gasteiger partial charge in [-0.2, -0.15) is 0 Å². The van der Waals surface area contributed by atoms with Crippen molar-refractivity contribution in [3.8, 4) is 5.75 Å². The van der Waals surface area contributed by atoms with Crippen molar-refractivity contribution in [1.29, 1.82) is 0 Å². The highest BCUT2D eigenvalue weighted by atomic mass is 16.5. The van der Waals surface area contributed by atoms with Gasteiger partial charge in [0.05, 0.1) is 7.11 Å². The zero-order chi connectivity index (χ0) is 12.4. The first-order valence-electron chi connectivity index (χ1n) is 6.26. The van der Waals surface area contributed by atoms with Gasteiger partial charge in [0, 0.05) is 37.8 Å². The van der Waals surface area contributed by atoms with Crippen LogP contribution in [0, 0.1) is 0 Å². The number of aromatic nitrogens is 1. The molecule has 1 aliphatic heterocycles. The first-order chi connectivity index (χ1) is 8.86. The van der Waals surface area contributed by atoms with Crippen molar-refractivity contribution < 1.29 is 4.74 Å². The van der Waals surface area contributed by atoms with Crippen LogP contribution in [0.1, 0.15) is 0 Å². The molecule has 1 fully saturated rings. The summed E-state index contributed by atoms with van der Waals surface area (Å²) in [6, 6.07) is 8.25. The lowest BCUT2D eigenvalue weighted by molar-refractivity contribution is 0.415. The number of nitrogens with one attached hydrogen (secondary N) is 1. The second kappa shape index (κ2) is 4.82. The topological polar surface area (TPSA) is 37.4 Å². The van der Waals surface area contributed by atoms with Gasteiger partial charge in [-0.15, -0.1) is 0 Å². The van der Waals surface area contributed by atoms with Gasteiger partial charge in [0.1, 0.15) is 11.6 Å². The molecule has 18 heavy (non-hydrogen) atoms. The van der Waals surface area contributed by atoms with E-state index in [1.54, 1.807) is 7.11 Å². The summed E-state index contributed by atoms with van der Waals surface area (Å²) >= 11 is 0. The van der Waals surface area contributed by atoms with E-state index in [9.17, 15) is 0 Å². The molecule has 0 aliphatic carbocycles. The zero-order valence-corrected chi connectivity index (χ0v) is 10.5. The van der Waals surface area contributed by atoms with Crippen LogP contribution in [0.5, 0.6) is 5.75 Å². The molecule has 0 atom stereocenters. The van der Waals surface area contributed by atoms with Crippen LogP contribution in [0.4, 0.5) is 5.82 Å². The van der Waals surface area contributed by atoms with E-state index in [1.807, 2.05) is 18.3 Å². The van der Waals surface area contributed by atoms with Crippen LogP contribution in [0.3, 0.4) is 0 Å². The van der Waals surface area contributed by atoms with E-state index < -0.39 is 0 Å². The maximum atomic E-state index is 5.22. The van der Waals surface area contributed by atoms with Crippen LogP contribution >= 0.6 is 0 Å². The fourth-order valence-corrected chi connectivity index (χ4v) is 2.30. The van der Waals surface area contributed by atoms with Crippen LogP contribution in [-0.2, 0) is 0 Å². The van der Waals surface area contributed by atoms with Gasteiger partial charge >= 0.3 is 0 Å². The van der Waals surface area contributed by atoms with Gasteiger partial charge in [-0.1, -0.05) is 6.07 Å². The molecule has 0 radical (unpaired) electrons. The molecule has 0 saturated carbocycles. The zero-order valence-electron chi connectivity index (χ0n) is 10.5. The summed E-state index contributed by atoms with van der Waals surface area (Å²) in [6.45, 7) is 4.11. The molecule has 4 nitrogen and oxygen atoms in total. The summed E-state index contributed by atoms with van der Waals surface area (Å²) in [6.07, 6.45) is 1.93. The summed E-state index contributed by atoms with van der Waals surface area (Å²) in [5, 5.41) is 5.68. The molecule has 4 heteroatoms. The number of piperazine rings is 1. The number of ether oxygens (including phenoxy) is 1. The number of fused-ring (bicyclic) bond motifs is 1. The van der Waals surface area contributed by atoms with E-state index in [-0.39, 0.29) is 0 Å². The van der Waals surface area contributed by atoms with E-state index in [0.29, 0.717) is 0 Å². The maximum Gasteiger partial charge on any atom is 0.129 e. The maximum absolute atomic E-state index is 5.22. The van der Waals surface area contributed by atoms with Crippen LogP contribution < -0.4 is 15.0 Å². The number of pyridine rings is 1. The highest BCUT2D eigenvalue weighted by Crippen LogP contribution is 2.23. The average Bonchev–Trinajstić information content (AvgIpc) is 2.47. The van der Waals surface area contributed by atoms with Crippen molar-refractivity contribution in [2.24, 2.45) is 0 Å². The molecule has 1 aromatic carbocycles. The van der Waals surface area contributed by atoms with Crippen molar-refractivity contribution in [1.82, 2.24) is 10.3 Å². The summed E-state index contributed by atoms with van der Waals surface area (Å²) in [5.41, 5.74) is 0. The standard InChI is InChI=1S/C14H17N3O/c1-18-13-3-2-11-9-14(16-10-12(11)8-13)17-6-4-15-5-7-17/h2-3,8-10,15H,4-7H2,1H3. The third-order valence-corrected chi connectivity index (χ3v) is 3.36. The van der Waals surface area contributed by atoms with E-state index in [0.717, 1.165) is 43.1 Å². The van der Waals surface area contributed by atoms with Crippen molar-refractivity contribution in [3.05, 3.63) is 30.5 Å². The number of rotatable bonds is 2. The van der Waals surface area contributed by atoms with Gasteiger partial charge in [0.2, 0.25) is 0 Å². The molecule has 1 aromatic heterocycles. The number of nitrogens with zero attached hydrogens (tertiary/aromatic N) is 2. The first-order valence-corrected chi connectivity index (χ1v) is 6.26. The predicted molar refractivity (Wildman–Crippen MR) is 73.4 cm³/mol. The largest absolute Gasteiger partial charge is 0.497 e. The predicted octanol–water partition coefficient (Wildman–Crippen LogP) is 1.65. The molecule has 0 amide bonds. The van der Waals surface area contributed by atoms with E-state index >= 15 is 0 Å². The van der Waals surface area contributed by atoms with E-state index in [2.05, 4.69) is 27.3 Å². The van der Waals surface area contributed by atoms with Crippen molar-refractivity contribution >= 4 is 16.6 Å². The van der Waals surface area contributed by atoms with Crippen LogP contribution in [0.2, 0.25) is 0 Å². The minimum Gasteiger partial charge on any atom is -0.497 e. The molecule has 2 heterocycles. The molecule has 0 unspecified atom stereocenters. The highest BCUT2D eigenvalue weighted by molar-refractivity contribution is 5.85. The van der Waals surface area contributed by atoms with Gasteiger partial charge in [-0.05, 0) is 23.6 Å². The van der Waals surface area contributed by atoms with Crippen LogP contribution in [-0.4, -0.2) is 38.3 Å². The summed E-state index contributed by atoms with van der Waals surface area (Å²) < 4.78 is 5.22. The molecule has 1 saturated heterocycles. The van der Waals surface area contributed by atoms with Gasteiger partial charge in [0.25, 0.3) is 0 Å². The minimum absolute atomic E-state index is 0.874. The fraction of sp³-hybridized carbons (Fsp3) is 0.357. The molecule has 1 aliphatic rings. The first kappa shape index (κ1) is 11.3. The lowest BCUT2D eigenvalue weighted by Gasteiger charge is -2.28. The number of benzene rings is 1. The Balaban J connectivity index is 1.95. The van der Waals surface area contributed by atoms with Crippen molar-refractivity contribution in [2.75, 3.05) is 38.2 Å². The lowest BCUT2D eigenvalue weighted by Crippen LogP contribution is -2.43.